The summed E-state index contributed by atoms with van der Waals surface area (Å²) in [5.74, 6) is 0.856. The minimum absolute atomic E-state index is 0.0804. The molecule has 1 fully saturated rings. The highest BCUT2D eigenvalue weighted by molar-refractivity contribution is 8.00. The number of carbonyl (C=O) groups is 1. The lowest BCUT2D eigenvalue weighted by Crippen LogP contribution is -2.40. The van der Waals surface area contributed by atoms with Gasteiger partial charge in [-0.3, -0.25) is 4.79 Å². The molecule has 5 nitrogen and oxygen atoms in total. The zero-order valence-electron chi connectivity index (χ0n) is 15.2. The SMILES string of the molecule is CCn1c(SC(C)C(=O)NC2CCCCC2)nnc1-c1cccc(Cl)c1. The molecule has 0 radical (unpaired) electrons. The smallest absolute Gasteiger partial charge is 0.233 e. The maximum atomic E-state index is 12.5. The summed E-state index contributed by atoms with van der Waals surface area (Å²) in [5, 5.41) is 13.0. The second-order valence-corrected chi connectivity index (χ2v) is 8.41. The van der Waals surface area contributed by atoms with E-state index in [9.17, 15) is 4.79 Å². The van der Waals surface area contributed by atoms with E-state index in [-0.39, 0.29) is 11.2 Å². The predicted molar refractivity (Wildman–Crippen MR) is 106 cm³/mol. The lowest BCUT2D eigenvalue weighted by atomic mass is 9.95. The fraction of sp³-hybridized carbons (Fsp3) is 0.526. The number of benzene rings is 1. The summed E-state index contributed by atoms with van der Waals surface area (Å²) in [6, 6.07) is 7.91. The van der Waals surface area contributed by atoms with Crippen molar-refractivity contribution in [3.63, 3.8) is 0 Å². The number of thioether (sulfide) groups is 1. The van der Waals surface area contributed by atoms with E-state index < -0.39 is 0 Å². The van der Waals surface area contributed by atoms with Crippen LogP contribution in [0.2, 0.25) is 5.02 Å². The van der Waals surface area contributed by atoms with E-state index in [0.717, 1.165) is 35.9 Å². The van der Waals surface area contributed by atoms with Crippen molar-refractivity contribution in [1.29, 1.82) is 0 Å². The molecule has 26 heavy (non-hydrogen) atoms. The summed E-state index contributed by atoms with van der Waals surface area (Å²) >= 11 is 7.56. The van der Waals surface area contributed by atoms with Gasteiger partial charge in [0.2, 0.25) is 5.91 Å². The van der Waals surface area contributed by atoms with Crippen LogP contribution in [0, 0.1) is 0 Å². The summed E-state index contributed by atoms with van der Waals surface area (Å²) < 4.78 is 2.03. The van der Waals surface area contributed by atoms with Gasteiger partial charge in [0.05, 0.1) is 5.25 Å². The van der Waals surface area contributed by atoms with Gasteiger partial charge in [-0.05, 0) is 38.8 Å². The molecule has 140 valence electrons. The minimum atomic E-state index is -0.210. The van der Waals surface area contributed by atoms with Crippen molar-refractivity contribution < 1.29 is 4.79 Å². The van der Waals surface area contributed by atoms with Crippen molar-refractivity contribution in [2.45, 2.75) is 68.9 Å². The summed E-state index contributed by atoms with van der Waals surface area (Å²) in [6.45, 7) is 4.71. The van der Waals surface area contributed by atoms with Gasteiger partial charge in [0.1, 0.15) is 0 Å². The first-order chi connectivity index (χ1) is 12.6. The first-order valence-corrected chi connectivity index (χ1v) is 10.5. The molecule has 1 aliphatic carbocycles. The van der Waals surface area contributed by atoms with Crippen molar-refractivity contribution in [2.24, 2.45) is 0 Å². The fourth-order valence-electron chi connectivity index (χ4n) is 3.28. The molecule has 1 atom stereocenters. The predicted octanol–water partition coefficient (Wildman–Crippen LogP) is 4.55. The van der Waals surface area contributed by atoms with E-state index in [0.29, 0.717) is 11.1 Å². The maximum Gasteiger partial charge on any atom is 0.233 e. The maximum absolute atomic E-state index is 12.5. The second-order valence-electron chi connectivity index (χ2n) is 6.66. The van der Waals surface area contributed by atoms with Crippen molar-refractivity contribution in [2.75, 3.05) is 0 Å². The number of carbonyl (C=O) groups excluding carboxylic acids is 1. The Kier molecular flexibility index (Phi) is 6.59. The van der Waals surface area contributed by atoms with E-state index in [1.807, 2.05) is 42.7 Å². The van der Waals surface area contributed by atoms with E-state index in [2.05, 4.69) is 15.5 Å². The summed E-state index contributed by atoms with van der Waals surface area (Å²) in [5.41, 5.74) is 0.929. The molecule has 1 saturated carbocycles. The van der Waals surface area contributed by atoms with Crippen molar-refractivity contribution in [3.05, 3.63) is 29.3 Å². The number of nitrogens with zero attached hydrogens (tertiary/aromatic N) is 3. The van der Waals surface area contributed by atoms with Crippen LogP contribution in [-0.2, 0) is 11.3 Å². The van der Waals surface area contributed by atoms with Crippen molar-refractivity contribution in [1.82, 2.24) is 20.1 Å². The molecular formula is C19H25ClN4OS. The third-order valence-electron chi connectivity index (χ3n) is 4.72. The first-order valence-electron chi connectivity index (χ1n) is 9.24. The molecule has 0 aliphatic heterocycles. The monoisotopic (exact) mass is 392 g/mol. The lowest BCUT2D eigenvalue weighted by molar-refractivity contribution is -0.121. The Morgan fingerprint density at radius 2 is 2.12 bits per heavy atom. The van der Waals surface area contributed by atoms with Crippen LogP contribution >= 0.6 is 23.4 Å². The average Bonchev–Trinajstić information content (AvgIpc) is 3.05. The van der Waals surface area contributed by atoms with E-state index in [4.69, 9.17) is 11.6 Å². The van der Waals surface area contributed by atoms with Crippen molar-refractivity contribution >= 4 is 29.3 Å². The zero-order chi connectivity index (χ0) is 18.5. The fourth-order valence-corrected chi connectivity index (χ4v) is 4.39. The van der Waals surface area contributed by atoms with Gasteiger partial charge < -0.3 is 9.88 Å². The third kappa shape index (κ3) is 4.60. The van der Waals surface area contributed by atoms with Crippen LogP contribution in [0.1, 0.15) is 46.0 Å². The van der Waals surface area contributed by atoms with Crippen LogP contribution < -0.4 is 5.32 Å². The summed E-state index contributed by atoms with van der Waals surface area (Å²) in [6.07, 6.45) is 5.88. The third-order valence-corrected chi connectivity index (χ3v) is 6.03. The first kappa shape index (κ1) is 19.2. The quantitative estimate of drug-likeness (QED) is 0.732. The minimum Gasteiger partial charge on any atom is -0.352 e. The molecule has 1 aliphatic rings. The molecule has 7 heteroatoms. The van der Waals surface area contributed by atoms with Gasteiger partial charge in [-0.25, -0.2) is 0 Å². The Labute approximate surface area is 163 Å². The molecule has 1 N–H and O–H groups in total. The molecule has 2 aromatic rings. The Morgan fingerprint density at radius 3 is 2.81 bits per heavy atom. The molecule has 1 heterocycles. The van der Waals surface area contributed by atoms with Crippen LogP contribution in [0.25, 0.3) is 11.4 Å². The van der Waals surface area contributed by atoms with Gasteiger partial charge in [-0.2, -0.15) is 0 Å². The standard InChI is InChI=1S/C19H25ClN4OS/c1-3-24-17(14-8-7-9-15(20)12-14)22-23-19(24)26-13(2)18(25)21-16-10-5-4-6-11-16/h7-9,12-13,16H,3-6,10-11H2,1-2H3,(H,21,25). The Morgan fingerprint density at radius 1 is 1.35 bits per heavy atom. The Bertz CT molecular complexity index is 758. The largest absolute Gasteiger partial charge is 0.352 e. The molecule has 1 aromatic carbocycles. The highest BCUT2D eigenvalue weighted by atomic mass is 35.5. The Hall–Kier alpha value is -1.53. The topological polar surface area (TPSA) is 59.8 Å². The molecular weight excluding hydrogens is 368 g/mol. The highest BCUT2D eigenvalue weighted by Crippen LogP contribution is 2.28. The Balaban J connectivity index is 1.70. The van der Waals surface area contributed by atoms with Crippen LogP contribution in [0.4, 0.5) is 0 Å². The molecule has 3 rings (SSSR count). The number of halogens is 1. The van der Waals surface area contributed by atoms with E-state index >= 15 is 0 Å². The molecule has 1 unspecified atom stereocenters. The van der Waals surface area contributed by atoms with Gasteiger partial charge >= 0.3 is 0 Å². The molecule has 0 spiro atoms. The van der Waals surface area contributed by atoms with Gasteiger partial charge in [0.15, 0.2) is 11.0 Å². The van der Waals surface area contributed by atoms with E-state index in [1.165, 1.54) is 31.0 Å². The summed E-state index contributed by atoms with van der Waals surface area (Å²) in [4.78, 5) is 12.5. The van der Waals surface area contributed by atoms with Gasteiger partial charge in [0.25, 0.3) is 0 Å². The highest BCUT2D eigenvalue weighted by Gasteiger charge is 2.23. The summed E-state index contributed by atoms with van der Waals surface area (Å²) in [7, 11) is 0. The van der Waals surface area contributed by atoms with Gasteiger partial charge in [0, 0.05) is 23.2 Å². The second kappa shape index (κ2) is 8.91. The van der Waals surface area contributed by atoms with Crippen molar-refractivity contribution in [3.8, 4) is 11.4 Å². The molecule has 0 saturated heterocycles. The number of rotatable bonds is 6. The number of hydrogen-bond acceptors (Lipinski definition) is 4. The number of aromatic nitrogens is 3. The van der Waals surface area contributed by atoms with Gasteiger partial charge in [-0.15, -0.1) is 10.2 Å². The van der Waals surface area contributed by atoms with Crippen LogP contribution in [-0.4, -0.2) is 32.0 Å². The van der Waals surface area contributed by atoms with Gasteiger partial charge in [-0.1, -0.05) is 54.8 Å². The molecule has 0 bridgehead atoms. The van der Waals surface area contributed by atoms with E-state index in [1.54, 1.807) is 0 Å². The van der Waals surface area contributed by atoms with Crippen LogP contribution in [0.3, 0.4) is 0 Å². The number of nitrogens with one attached hydrogen (secondary N) is 1. The zero-order valence-corrected chi connectivity index (χ0v) is 16.8. The lowest BCUT2D eigenvalue weighted by Gasteiger charge is -2.24. The number of amides is 1. The molecule has 1 amide bonds. The number of hydrogen-bond donors (Lipinski definition) is 1. The van der Waals surface area contributed by atoms with Crippen LogP contribution in [0.15, 0.2) is 29.4 Å². The molecule has 1 aromatic heterocycles. The van der Waals surface area contributed by atoms with Crippen LogP contribution in [0.5, 0.6) is 0 Å². The normalized spacial score (nSPS) is 16.4. The average molecular weight is 393 g/mol.